The first-order valence-electron chi connectivity index (χ1n) is 4.38. The van der Waals surface area contributed by atoms with E-state index in [1.807, 2.05) is 0 Å². The summed E-state index contributed by atoms with van der Waals surface area (Å²) in [4.78, 5) is 0. The zero-order chi connectivity index (χ0) is 11.8. The van der Waals surface area contributed by atoms with Crippen LogP contribution in [0.5, 0.6) is 0 Å². The van der Waals surface area contributed by atoms with E-state index in [1.54, 1.807) is 6.07 Å². The Balaban J connectivity index is 2.44. The van der Waals surface area contributed by atoms with E-state index in [1.165, 1.54) is 18.4 Å². The van der Waals surface area contributed by atoms with Gasteiger partial charge in [-0.25, -0.2) is 0 Å². The molecule has 0 radical (unpaired) electrons. The summed E-state index contributed by atoms with van der Waals surface area (Å²) in [7, 11) is 0. The summed E-state index contributed by atoms with van der Waals surface area (Å²) in [5.74, 6) is 0. The van der Waals surface area contributed by atoms with Crippen molar-refractivity contribution in [3.05, 3.63) is 47.4 Å². The van der Waals surface area contributed by atoms with Crippen molar-refractivity contribution in [3.63, 3.8) is 0 Å². The van der Waals surface area contributed by atoms with Gasteiger partial charge in [0.2, 0.25) is 0 Å². The Morgan fingerprint density at radius 2 is 1.81 bits per heavy atom. The Bertz CT molecular complexity index is 502. The number of hydrogen-bond donors (Lipinski definition) is 0. The smallest absolute Gasteiger partial charge is 0.416 e. The molecule has 0 bridgehead atoms. The predicted molar refractivity (Wildman–Crippen MR) is 54.2 cm³/mol. The summed E-state index contributed by atoms with van der Waals surface area (Å²) < 4.78 is 42.1. The van der Waals surface area contributed by atoms with Crippen molar-refractivity contribution >= 4 is 11.6 Å². The van der Waals surface area contributed by atoms with Crippen LogP contribution in [0.2, 0.25) is 5.22 Å². The first kappa shape index (κ1) is 11.1. The lowest BCUT2D eigenvalue weighted by Crippen LogP contribution is -2.04. The Morgan fingerprint density at radius 1 is 1.06 bits per heavy atom. The maximum absolute atomic E-state index is 12.4. The molecule has 1 heterocycles. The molecule has 0 amide bonds. The van der Waals surface area contributed by atoms with Crippen LogP contribution in [0.1, 0.15) is 5.56 Å². The molecular formula is C11H6ClF3O. The van der Waals surface area contributed by atoms with Gasteiger partial charge in [0.25, 0.3) is 0 Å². The molecule has 0 saturated carbocycles. The molecule has 5 heteroatoms. The third-order valence-corrected chi connectivity index (χ3v) is 2.29. The lowest BCUT2D eigenvalue weighted by atomic mass is 10.1. The maximum atomic E-state index is 12.4. The van der Waals surface area contributed by atoms with Gasteiger partial charge in [0.15, 0.2) is 5.22 Å². The van der Waals surface area contributed by atoms with E-state index < -0.39 is 11.7 Å². The highest BCUT2D eigenvalue weighted by Crippen LogP contribution is 2.33. The van der Waals surface area contributed by atoms with Crippen LogP contribution in [0.25, 0.3) is 11.1 Å². The molecule has 0 spiro atoms. The molecule has 1 aromatic carbocycles. The lowest BCUT2D eigenvalue weighted by Gasteiger charge is -2.07. The second-order valence-corrected chi connectivity index (χ2v) is 3.59. The third-order valence-electron chi connectivity index (χ3n) is 2.09. The SMILES string of the molecule is FC(F)(F)c1cccc(-c2coc(Cl)c2)c1. The molecule has 1 nitrogen and oxygen atoms in total. The average Bonchev–Trinajstić information content (AvgIpc) is 2.64. The first-order chi connectivity index (χ1) is 7.47. The highest BCUT2D eigenvalue weighted by molar-refractivity contribution is 6.29. The van der Waals surface area contributed by atoms with E-state index >= 15 is 0 Å². The molecule has 0 aliphatic carbocycles. The van der Waals surface area contributed by atoms with Crippen LogP contribution in [0.4, 0.5) is 13.2 Å². The van der Waals surface area contributed by atoms with Crippen LogP contribution < -0.4 is 0 Å². The maximum Gasteiger partial charge on any atom is 0.416 e. The van der Waals surface area contributed by atoms with Crippen molar-refractivity contribution in [1.29, 1.82) is 0 Å². The van der Waals surface area contributed by atoms with Gasteiger partial charge in [0, 0.05) is 11.6 Å². The largest absolute Gasteiger partial charge is 0.452 e. The normalized spacial score (nSPS) is 11.8. The van der Waals surface area contributed by atoms with E-state index in [9.17, 15) is 13.2 Å². The Labute approximate surface area is 94.4 Å². The van der Waals surface area contributed by atoms with Gasteiger partial charge in [0.1, 0.15) is 6.26 Å². The molecule has 0 unspecified atom stereocenters. The average molecular weight is 247 g/mol. The Hall–Kier alpha value is -1.42. The van der Waals surface area contributed by atoms with Crippen LogP contribution in [-0.4, -0.2) is 0 Å². The monoisotopic (exact) mass is 246 g/mol. The lowest BCUT2D eigenvalue weighted by molar-refractivity contribution is -0.137. The predicted octanol–water partition coefficient (Wildman–Crippen LogP) is 4.62. The van der Waals surface area contributed by atoms with Gasteiger partial charge in [-0.05, 0) is 29.3 Å². The van der Waals surface area contributed by atoms with Gasteiger partial charge in [-0.1, -0.05) is 12.1 Å². The fourth-order valence-corrected chi connectivity index (χ4v) is 1.50. The number of halogens is 4. The topological polar surface area (TPSA) is 13.1 Å². The fraction of sp³-hybridized carbons (Fsp3) is 0.0909. The molecule has 16 heavy (non-hydrogen) atoms. The van der Waals surface area contributed by atoms with Crippen molar-refractivity contribution in [1.82, 2.24) is 0 Å². The summed E-state index contributed by atoms with van der Waals surface area (Å²) in [6.45, 7) is 0. The highest BCUT2D eigenvalue weighted by atomic mass is 35.5. The molecule has 0 atom stereocenters. The number of furan rings is 1. The summed E-state index contributed by atoms with van der Waals surface area (Å²) in [5, 5.41) is 0.146. The van der Waals surface area contributed by atoms with Crippen molar-refractivity contribution in [2.75, 3.05) is 0 Å². The van der Waals surface area contributed by atoms with Gasteiger partial charge < -0.3 is 4.42 Å². The molecule has 1 aromatic heterocycles. The molecule has 0 aliphatic rings. The van der Waals surface area contributed by atoms with E-state index in [-0.39, 0.29) is 5.22 Å². The minimum absolute atomic E-state index is 0.146. The zero-order valence-electron chi connectivity index (χ0n) is 7.88. The van der Waals surface area contributed by atoms with Crippen LogP contribution in [0.3, 0.4) is 0 Å². The molecular weight excluding hydrogens is 241 g/mol. The van der Waals surface area contributed by atoms with Crippen LogP contribution in [0, 0.1) is 0 Å². The van der Waals surface area contributed by atoms with Gasteiger partial charge in [-0.2, -0.15) is 13.2 Å². The number of hydrogen-bond acceptors (Lipinski definition) is 1. The van der Waals surface area contributed by atoms with E-state index in [0.717, 1.165) is 12.1 Å². The first-order valence-corrected chi connectivity index (χ1v) is 4.76. The highest BCUT2D eigenvalue weighted by Gasteiger charge is 2.30. The summed E-state index contributed by atoms with van der Waals surface area (Å²) in [6.07, 6.45) is -3.03. The van der Waals surface area contributed by atoms with Gasteiger partial charge >= 0.3 is 6.18 Å². The molecule has 0 aliphatic heterocycles. The minimum atomic E-state index is -4.34. The van der Waals surface area contributed by atoms with Crippen LogP contribution in [-0.2, 0) is 6.18 Å². The summed E-state index contributed by atoms with van der Waals surface area (Å²) in [5.41, 5.74) is 0.254. The third kappa shape index (κ3) is 2.22. The van der Waals surface area contributed by atoms with Gasteiger partial charge in [-0.15, -0.1) is 0 Å². The van der Waals surface area contributed by atoms with Crippen molar-refractivity contribution in [2.24, 2.45) is 0 Å². The molecule has 2 aromatic rings. The molecule has 2 rings (SSSR count). The number of rotatable bonds is 1. The fourth-order valence-electron chi connectivity index (χ4n) is 1.34. The molecule has 0 fully saturated rings. The summed E-state index contributed by atoms with van der Waals surface area (Å²) >= 11 is 5.55. The minimum Gasteiger partial charge on any atom is -0.452 e. The van der Waals surface area contributed by atoms with Crippen LogP contribution >= 0.6 is 11.6 Å². The van der Waals surface area contributed by atoms with Crippen LogP contribution in [0.15, 0.2) is 41.0 Å². The van der Waals surface area contributed by atoms with E-state index in [0.29, 0.717) is 11.1 Å². The van der Waals surface area contributed by atoms with Crippen molar-refractivity contribution in [3.8, 4) is 11.1 Å². The van der Waals surface area contributed by atoms with E-state index in [2.05, 4.69) is 0 Å². The summed E-state index contributed by atoms with van der Waals surface area (Å²) in [6, 6.07) is 6.46. The zero-order valence-corrected chi connectivity index (χ0v) is 8.64. The Morgan fingerprint density at radius 3 is 2.38 bits per heavy atom. The Kier molecular flexibility index (Phi) is 2.68. The second-order valence-electron chi connectivity index (χ2n) is 3.22. The standard InChI is InChI=1S/C11H6ClF3O/c12-10-5-8(6-16-10)7-2-1-3-9(4-7)11(13,14)15/h1-6H. The molecule has 84 valence electrons. The second kappa shape index (κ2) is 3.87. The quantitative estimate of drug-likeness (QED) is 0.716. The van der Waals surface area contributed by atoms with Crippen molar-refractivity contribution < 1.29 is 17.6 Å². The van der Waals surface area contributed by atoms with E-state index in [4.69, 9.17) is 16.0 Å². The van der Waals surface area contributed by atoms with Gasteiger partial charge in [0.05, 0.1) is 5.56 Å². The number of benzene rings is 1. The number of alkyl halides is 3. The molecule has 0 N–H and O–H groups in total. The van der Waals surface area contributed by atoms with Crippen molar-refractivity contribution in [2.45, 2.75) is 6.18 Å². The molecule has 0 saturated heterocycles. The van der Waals surface area contributed by atoms with Gasteiger partial charge in [-0.3, -0.25) is 0 Å².